The first-order chi connectivity index (χ1) is 8.74. The van der Waals surface area contributed by atoms with Gasteiger partial charge in [0.25, 0.3) is 0 Å². The van der Waals surface area contributed by atoms with Crippen LogP contribution < -0.4 is 0 Å². The largest absolute Gasteiger partial charge is 0.478 e. The van der Waals surface area contributed by atoms with Crippen molar-refractivity contribution < 1.29 is 14.3 Å². The van der Waals surface area contributed by atoms with Crippen molar-refractivity contribution in [3.8, 4) is 11.3 Å². The highest BCUT2D eigenvalue weighted by Gasteiger charge is 2.10. The van der Waals surface area contributed by atoms with Crippen LogP contribution in [-0.2, 0) is 0 Å². The predicted octanol–water partition coefficient (Wildman–Crippen LogP) is 3.19. The van der Waals surface area contributed by atoms with Gasteiger partial charge in [0.1, 0.15) is 12.0 Å². The summed E-state index contributed by atoms with van der Waals surface area (Å²) in [5, 5.41) is 9.88. The zero-order chi connectivity index (χ0) is 12.5. The third-order valence-electron chi connectivity index (χ3n) is 2.74. The van der Waals surface area contributed by atoms with Crippen molar-refractivity contribution in [1.82, 2.24) is 4.98 Å². The Morgan fingerprint density at radius 2 is 2.11 bits per heavy atom. The van der Waals surface area contributed by atoms with Crippen molar-refractivity contribution in [3.05, 3.63) is 54.4 Å². The number of carbonyl (C=O) groups is 1. The molecule has 1 aromatic carbocycles. The van der Waals surface area contributed by atoms with Gasteiger partial charge in [0.2, 0.25) is 0 Å². The lowest BCUT2D eigenvalue weighted by atomic mass is 10.1. The minimum atomic E-state index is -0.996. The van der Waals surface area contributed by atoms with Gasteiger partial charge in [0.05, 0.1) is 11.1 Å². The molecule has 0 saturated heterocycles. The van der Waals surface area contributed by atoms with Gasteiger partial charge < -0.3 is 9.52 Å². The summed E-state index contributed by atoms with van der Waals surface area (Å²) >= 11 is 0. The molecule has 0 saturated carbocycles. The number of fused-ring (bicyclic) bond motifs is 1. The van der Waals surface area contributed by atoms with Crippen LogP contribution in [0.15, 0.2) is 53.3 Å². The second-order valence-corrected chi connectivity index (χ2v) is 3.92. The first-order valence-corrected chi connectivity index (χ1v) is 5.41. The average Bonchev–Trinajstić information content (AvgIpc) is 2.88. The van der Waals surface area contributed by atoms with Crippen molar-refractivity contribution in [2.45, 2.75) is 0 Å². The first-order valence-electron chi connectivity index (χ1n) is 5.41. The molecule has 0 aliphatic carbocycles. The van der Waals surface area contributed by atoms with Crippen LogP contribution in [0.3, 0.4) is 0 Å². The van der Waals surface area contributed by atoms with E-state index in [2.05, 4.69) is 4.98 Å². The van der Waals surface area contributed by atoms with Crippen LogP contribution in [0.5, 0.6) is 0 Å². The molecule has 1 N–H and O–H groups in total. The zero-order valence-electron chi connectivity index (χ0n) is 9.33. The number of nitrogens with zero attached hydrogens (tertiary/aromatic N) is 1. The van der Waals surface area contributed by atoms with E-state index in [-0.39, 0.29) is 5.56 Å². The average molecular weight is 239 g/mol. The van der Waals surface area contributed by atoms with E-state index < -0.39 is 5.97 Å². The Morgan fingerprint density at radius 1 is 1.22 bits per heavy atom. The molecule has 0 radical (unpaired) electrons. The minimum Gasteiger partial charge on any atom is -0.478 e. The second kappa shape index (κ2) is 4.00. The van der Waals surface area contributed by atoms with Gasteiger partial charge in [-0.1, -0.05) is 18.2 Å². The van der Waals surface area contributed by atoms with E-state index in [4.69, 9.17) is 9.52 Å². The standard InChI is InChI=1S/C14H9NO3/c16-14(17)11-7-13(18-8-11)10-4-3-9-2-1-5-15-12(9)6-10/h1-8H,(H,16,17). The summed E-state index contributed by atoms with van der Waals surface area (Å²) in [5.41, 5.74) is 1.81. The number of benzene rings is 1. The molecule has 0 unspecified atom stereocenters. The fourth-order valence-electron chi connectivity index (χ4n) is 1.82. The summed E-state index contributed by atoms with van der Waals surface area (Å²) < 4.78 is 5.25. The summed E-state index contributed by atoms with van der Waals surface area (Å²) in [6.45, 7) is 0. The van der Waals surface area contributed by atoms with Crippen LogP contribution in [0.4, 0.5) is 0 Å². The Kier molecular flexibility index (Phi) is 2.34. The SMILES string of the molecule is O=C(O)c1coc(-c2ccc3cccnc3c2)c1. The monoisotopic (exact) mass is 239 g/mol. The number of hydrogen-bond donors (Lipinski definition) is 1. The summed E-state index contributed by atoms with van der Waals surface area (Å²) in [7, 11) is 0. The zero-order valence-corrected chi connectivity index (χ0v) is 9.33. The topological polar surface area (TPSA) is 63.3 Å². The molecule has 0 atom stereocenters. The van der Waals surface area contributed by atoms with E-state index in [0.29, 0.717) is 5.76 Å². The van der Waals surface area contributed by atoms with Crippen molar-refractivity contribution in [2.75, 3.05) is 0 Å². The first kappa shape index (κ1) is 10.5. The van der Waals surface area contributed by atoms with E-state index in [9.17, 15) is 4.79 Å². The molecule has 4 nitrogen and oxygen atoms in total. The summed E-state index contributed by atoms with van der Waals surface area (Å²) in [6, 6.07) is 11.0. The molecule has 2 aromatic heterocycles. The Balaban J connectivity index is 2.10. The second-order valence-electron chi connectivity index (χ2n) is 3.92. The normalized spacial score (nSPS) is 10.7. The quantitative estimate of drug-likeness (QED) is 0.745. The number of carboxylic acid groups (broad SMARTS) is 1. The van der Waals surface area contributed by atoms with E-state index in [1.165, 1.54) is 12.3 Å². The highest BCUT2D eigenvalue weighted by molar-refractivity contribution is 5.89. The van der Waals surface area contributed by atoms with Crippen molar-refractivity contribution in [3.63, 3.8) is 0 Å². The highest BCUT2D eigenvalue weighted by atomic mass is 16.4. The number of furan rings is 1. The number of aromatic carboxylic acids is 1. The maximum Gasteiger partial charge on any atom is 0.338 e. The lowest BCUT2D eigenvalue weighted by molar-refractivity contribution is 0.0696. The van der Waals surface area contributed by atoms with Gasteiger partial charge in [0, 0.05) is 17.1 Å². The molecule has 3 aromatic rings. The van der Waals surface area contributed by atoms with Gasteiger partial charge >= 0.3 is 5.97 Å². The third-order valence-corrected chi connectivity index (χ3v) is 2.74. The van der Waals surface area contributed by atoms with Crippen LogP contribution in [0, 0.1) is 0 Å². The molecule has 0 aliphatic rings. The molecule has 0 bridgehead atoms. The van der Waals surface area contributed by atoms with Crippen molar-refractivity contribution in [1.29, 1.82) is 0 Å². The fraction of sp³-hybridized carbons (Fsp3) is 0. The van der Waals surface area contributed by atoms with Gasteiger partial charge in [-0.2, -0.15) is 0 Å². The lowest BCUT2D eigenvalue weighted by Gasteiger charge is -1.99. The van der Waals surface area contributed by atoms with E-state index in [1.807, 2.05) is 30.3 Å². The number of carboxylic acids is 1. The summed E-state index contributed by atoms with van der Waals surface area (Å²) in [6.07, 6.45) is 2.96. The Bertz CT molecular complexity index is 730. The highest BCUT2D eigenvalue weighted by Crippen LogP contribution is 2.25. The maximum atomic E-state index is 10.8. The molecular weight excluding hydrogens is 230 g/mol. The van der Waals surface area contributed by atoms with E-state index >= 15 is 0 Å². The molecule has 0 amide bonds. The number of pyridine rings is 1. The van der Waals surface area contributed by atoms with Crippen LogP contribution >= 0.6 is 0 Å². The molecular formula is C14H9NO3. The summed E-state index contributed by atoms with van der Waals surface area (Å²) in [4.78, 5) is 15.0. The molecule has 88 valence electrons. The van der Waals surface area contributed by atoms with Gasteiger partial charge in [-0.15, -0.1) is 0 Å². The van der Waals surface area contributed by atoms with Crippen molar-refractivity contribution >= 4 is 16.9 Å². The van der Waals surface area contributed by atoms with Crippen LogP contribution in [-0.4, -0.2) is 16.1 Å². The van der Waals surface area contributed by atoms with Gasteiger partial charge in [0.15, 0.2) is 0 Å². The van der Waals surface area contributed by atoms with Crippen LogP contribution in [0.2, 0.25) is 0 Å². The molecule has 0 spiro atoms. The van der Waals surface area contributed by atoms with E-state index in [0.717, 1.165) is 16.5 Å². The van der Waals surface area contributed by atoms with Crippen molar-refractivity contribution in [2.24, 2.45) is 0 Å². The van der Waals surface area contributed by atoms with Gasteiger partial charge in [-0.3, -0.25) is 4.98 Å². The molecule has 3 rings (SSSR count). The Hall–Kier alpha value is -2.62. The maximum absolute atomic E-state index is 10.8. The van der Waals surface area contributed by atoms with Gasteiger partial charge in [-0.05, 0) is 18.2 Å². The third kappa shape index (κ3) is 1.73. The Labute approximate surface area is 103 Å². The molecule has 4 heteroatoms. The van der Waals surface area contributed by atoms with E-state index in [1.54, 1.807) is 6.20 Å². The smallest absolute Gasteiger partial charge is 0.338 e. The number of hydrogen-bond acceptors (Lipinski definition) is 3. The molecule has 18 heavy (non-hydrogen) atoms. The number of rotatable bonds is 2. The summed E-state index contributed by atoms with van der Waals surface area (Å²) in [5.74, 6) is -0.469. The number of aromatic nitrogens is 1. The minimum absolute atomic E-state index is 0.145. The molecule has 0 fully saturated rings. The predicted molar refractivity (Wildman–Crippen MR) is 66.4 cm³/mol. The van der Waals surface area contributed by atoms with Crippen LogP contribution in [0.25, 0.3) is 22.2 Å². The van der Waals surface area contributed by atoms with Gasteiger partial charge in [-0.25, -0.2) is 4.79 Å². The lowest BCUT2D eigenvalue weighted by Crippen LogP contribution is -1.91. The molecule has 2 heterocycles. The Morgan fingerprint density at radius 3 is 2.89 bits per heavy atom. The van der Waals surface area contributed by atoms with Crippen LogP contribution in [0.1, 0.15) is 10.4 Å². The fourth-order valence-corrected chi connectivity index (χ4v) is 1.82. The molecule has 0 aliphatic heterocycles.